The minimum atomic E-state index is -0.0856. The Balaban J connectivity index is 2.52. The molecule has 3 heteroatoms. The maximum atomic E-state index is 11.5. The number of carbonyl (C=O) groups excluding carboxylic acids is 1. The fourth-order valence-electron chi connectivity index (χ4n) is 1.55. The lowest BCUT2D eigenvalue weighted by Crippen LogP contribution is -2.38. The summed E-state index contributed by atoms with van der Waals surface area (Å²) in [5, 5.41) is 5.78. The molecule has 2 amide bonds. The fourth-order valence-corrected chi connectivity index (χ4v) is 1.55. The van der Waals surface area contributed by atoms with E-state index in [0.717, 1.165) is 24.9 Å². The quantitative estimate of drug-likeness (QED) is 0.787. The Morgan fingerprint density at radius 3 is 2.50 bits per heavy atom. The molecule has 88 valence electrons. The Morgan fingerprint density at radius 2 is 1.94 bits per heavy atom. The molecule has 1 aromatic rings. The topological polar surface area (TPSA) is 41.1 Å². The van der Waals surface area contributed by atoms with Crippen LogP contribution in [-0.4, -0.2) is 12.6 Å². The lowest BCUT2D eigenvalue weighted by Gasteiger charge is -2.17. The molecule has 0 heterocycles. The van der Waals surface area contributed by atoms with Crippen molar-refractivity contribution in [2.45, 2.75) is 32.7 Å². The van der Waals surface area contributed by atoms with Crippen molar-refractivity contribution in [1.29, 1.82) is 0 Å². The predicted octanol–water partition coefficient (Wildman–Crippen LogP) is 2.85. The summed E-state index contributed by atoms with van der Waals surface area (Å²) in [4.78, 5) is 11.5. The van der Waals surface area contributed by atoms with E-state index in [1.54, 1.807) is 0 Å². The van der Waals surface area contributed by atoms with Crippen LogP contribution in [0.25, 0.3) is 0 Å². The monoisotopic (exact) mass is 220 g/mol. The molecule has 2 N–H and O–H groups in total. The van der Waals surface area contributed by atoms with Crippen LogP contribution < -0.4 is 10.6 Å². The third kappa shape index (κ3) is 3.93. The van der Waals surface area contributed by atoms with Gasteiger partial charge in [0.25, 0.3) is 0 Å². The molecule has 1 unspecified atom stereocenters. The van der Waals surface area contributed by atoms with Crippen LogP contribution in [0.1, 0.15) is 38.3 Å². The summed E-state index contributed by atoms with van der Waals surface area (Å²) in [5.41, 5.74) is 1.15. The van der Waals surface area contributed by atoms with Gasteiger partial charge in [-0.05, 0) is 18.4 Å². The molecule has 1 aromatic carbocycles. The highest BCUT2D eigenvalue weighted by Gasteiger charge is 2.11. The van der Waals surface area contributed by atoms with Crippen molar-refractivity contribution in [3.8, 4) is 0 Å². The molecular formula is C13H20N2O. The van der Waals surface area contributed by atoms with Crippen LogP contribution in [0.2, 0.25) is 0 Å². The van der Waals surface area contributed by atoms with Crippen LogP contribution >= 0.6 is 0 Å². The zero-order valence-electron chi connectivity index (χ0n) is 9.99. The van der Waals surface area contributed by atoms with Gasteiger partial charge >= 0.3 is 6.03 Å². The molecule has 0 bridgehead atoms. The van der Waals surface area contributed by atoms with Gasteiger partial charge in [0.1, 0.15) is 0 Å². The van der Waals surface area contributed by atoms with Gasteiger partial charge in [-0.3, -0.25) is 0 Å². The van der Waals surface area contributed by atoms with Crippen molar-refractivity contribution >= 4 is 6.03 Å². The SMILES string of the molecule is CCCNC(=O)NC(CC)c1ccccc1. The van der Waals surface area contributed by atoms with Gasteiger partial charge in [0, 0.05) is 6.54 Å². The van der Waals surface area contributed by atoms with E-state index in [1.807, 2.05) is 37.3 Å². The maximum Gasteiger partial charge on any atom is 0.315 e. The van der Waals surface area contributed by atoms with Crippen molar-refractivity contribution in [3.63, 3.8) is 0 Å². The average Bonchev–Trinajstić information content (AvgIpc) is 2.34. The standard InChI is InChI=1S/C13H20N2O/c1-3-10-14-13(16)15-12(4-2)11-8-6-5-7-9-11/h5-9,12H,3-4,10H2,1-2H3,(H2,14,15,16). The van der Waals surface area contributed by atoms with Crippen LogP contribution in [0.15, 0.2) is 30.3 Å². The summed E-state index contributed by atoms with van der Waals surface area (Å²) in [6.45, 7) is 4.82. The van der Waals surface area contributed by atoms with E-state index in [4.69, 9.17) is 0 Å². The Morgan fingerprint density at radius 1 is 1.25 bits per heavy atom. The lowest BCUT2D eigenvalue weighted by atomic mass is 10.1. The van der Waals surface area contributed by atoms with E-state index >= 15 is 0 Å². The van der Waals surface area contributed by atoms with Crippen molar-refractivity contribution in [2.24, 2.45) is 0 Å². The van der Waals surface area contributed by atoms with Crippen molar-refractivity contribution in [2.75, 3.05) is 6.54 Å². The first kappa shape index (κ1) is 12.6. The van der Waals surface area contributed by atoms with Gasteiger partial charge in [0.2, 0.25) is 0 Å². The molecule has 0 fully saturated rings. The minimum absolute atomic E-state index is 0.0856. The maximum absolute atomic E-state index is 11.5. The Bertz CT molecular complexity index is 311. The Hall–Kier alpha value is -1.51. The van der Waals surface area contributed by atoms with E-state index in [0.29, 0.717) is 0 Å². The van der Waals surface area contributed by atoms with E-state index < -0.39 is 0 Å². The van der Waals surface area contributed by atoms with Gasteiger partial charge < -0.3 is 10.6 Å². The van der Waals surface area contributed by atoms with E-state index in [1.165, 1.54) is 0 Å². The molecule has 0 aromatic heterocycles. The number of nitrogens with one attached hydrogen (secondary N) is 2. The van der Waals surface area contributed by atoms with Gasteiger partial charge in [-0.25, -0.2) is 4.79 Å². The summed E-state index contributed by atoms with van der Waals surface area (Å²) in [7, 11) is 0. The number of amides is 2. The van der Waals surface area contributed by atoms with Crippen LogP contribution in [0, 0.1) is 0 Å². The first-order valence-electron chi connectivity index (χ1n) is 5.87. The lowest BCUT2D eigenvalue weighted by molar-refractivity contribution is 0.236. The molecule has 0 saturated heterocycles. The number of urea groups is 1. The number of carbonyl (C=O) groups is 1. The molecular weight excluding hydrogens is 200 g/mol. The second kappa shape index (κ2) is 6.88. The summed E-state index contributed by atoms with van der Waals surface area (Å²) in [6, 6.07) is 10.0. The molecule has 0 aliphatic rings. The van der Waals surface area contributed by atoms with Crippen LogP contribution in [-0.2, 0) is 0 Å². The molecule has 0 saturated carbocycles. The number of rotatable bonds is 5. The first-order chi connectivity index (χ1) is 7.77. The van der Waals surface area contributed by atoms with Crippen molar-refractivity contribution in [1.82, 2.24) is 10.6 Å². The van der Waals surface area contributed by atoms with Crippen LogP contribution in [0.5, 0.6) is 0 Å². The number of benzene rings is 1. The second-order valence-electron chi connectivity index (χ2n) is 3.77. The third-order valence-electron chi connectivity index (χ3n) is 2.45. The Kier molecular flexibility index (Phi) is 5.40. The first-order valence-corrected chi connectivity index (χ1v) is 5.87. The summed E-state index contributed by atoms with van der Waals surface area (Å²) in [6.07, 6.45) is 1.85. The fraction of sp³-hybridized carbons (Fsp3) is 0.462. The van der Waals surface area contributed by atoms with E-state index in [2.05, 4.69) is 17.6 Å². The Labute approximate surface area is 97.2 Å². The molecule has 1 atom stereocenters. The van der Waals surface area contributed by atoms with Gasteiger partial charge in [0.05, 0.1) is 6.04 Å². The molecule has 0 aliphatic carbocycles. The molecule has 0 spiro atoms. The normalized spacial score (nSPS) is 11.9. The van der Waals surface area contributed by atoms with Crippen LogP contribution in [0.3, 0.4) is 0 Å². The van der Waals surface area contributed by atoms with Gasteiger partial charge in [0.15, 0.2) is 0 Å². The number of hydrogen-bond donors (Lipinski definition) is 2. The molecule has 1 rings (SSSR count). The summed E-state index contributed by atoms with van der Waals surface area (Å²) < 4.78 is 0. The van der Waals surface area contributed by atoms with Crippen molar-refractivity contribution < 1.29 is 4.79 Å². The highest BCUT2D eigenvalue weighted by atomic mass is 16.2. The molecule has 0 aliphatic heterocycles. The van der Waals surface area contributed by atoms with Crippen molar-refractivity contribution in [3.05, 3.63) is 35.9 Å². The molecule has 0 radical (unpaired) electrons. The van der Waals surface area contributed by atoms with Gasteiger partial charge in [-0.1, -0.05) is 44.2 Å². The smallest absolute Gasteiger partial charge is 0.315 e. The minimum Gasteiger partial charge on any atom is -0.338 e. The highest BCUT2D eigenvalue weighted by molar-refractivity contribution is 5.74. The average molecular weight is 220 g/mol. The zero-order valence-corrected chi connectivity index (χ0v) is 9.99. The zero-order chi connectivity index (χ0) is 11.8. The molecule has 3 nitrogen and oxygen atoms in total. The van der Waals surface area contributed by atoms with Gasteiger partial charge in [-0.2, -0.15) is 0 Å². The molecule has 16 heavy (non-hydrogen) atoms. The van der Waals surface area contributed by atoms with Gasteiger partial charge in [-0.15, -0.1) is 0 Å². The summed E-state index contributed by atoms with van der Waals surface area (Å²) >= 11 is 0. The number of hydrogen-bond acceptors (Lipinski definition) is 1. The summed E-state index contributed by atoms with van der Waals surface area (Å²) in [5.74, 6) is 0. The largest absolute Gasteiger partial charge is 0.338 e. The highest BCUT2D eigenvalue weighted by Crippen LogP contribution is 2.15. The van der Waals surface area contributed by atoms with E-state index in [-0.39, 0.29) is 12.1 Å². The van der Waals surface area contributed by atoms with Crippen LogP contribution in [0.4, 0.5) is 4.79 Å². The second-order valence-corrected chi connectivity index (χ2v) is 3.77. The predicted molar refractivity (Wildman–Crippen MR) is 66.3 cm³/mol. The van der Waals surface area contributed by atoms with E-state index in [9.17, 15) is 4.79 Å². The third-order valence-corrected chi connectivity index (χ3v) is 2.45.